The van der Waals surface area contributed by atoms with Gasteiger partial charge in [-0.25, -0.2) is 4.67 Å². The molecule has 0 amide bonds. The first-order valence-electron chi connectivity index (χ1n) is 14.6. The molecule has 1 unspecified atom stereocenters. The number of hydrogen-bond acceptors (Lipinski definition) is 3. The number of rotatable bonds is 5. The van der Waals surface area contributed by atoms with Crippen LogP contribution in [0.15, 0.2) is 97.1 Å². The van der Waals surface area contributed by atoms with E-state index in [9.17, 15) is 0 Å². The topological polar surface area (TPSA) is 21.7 Å². The second-order valence-electron chi connectivity index (χ2n) is 11.2. The molecule has 3 nitrogen and oxygen atoms in total. The molecule has 4 heteroatoms. The fourth-order valence-corrected chi connectivity index (χ4v) is 8.67. The first-order valence-corrected chi connectivity index (χ1v) is 15.8. The Labute approximate surface area is 238 Å². The highest BCUT2D eigenvalue weighted by Crippen LogP contribution is 2.59. The van der Waals surface area contributed by atoms with E-state index in [1.807, 2.05) is 0 Å². The highest BCUT2D eigenvalue weighted by atomic mass is 31.2. The standard InChI is InChI=1S/C36H36NO2P/c1-25(27-13-5-3-6-14-27)37(26(2)28-15-7-4-8-16-28)40-38-33-23-21-29-17-9-11-19-31(29)35(33)36-32-20-12-10-18-30(32)22-24-34(36)39-40/h3-9,11,13-20,22,24-26,33,35H,10,12,21,23H2,1-2H3/t25-,26-,33-,35+,40?/m0/s1. The molecule has 2 aliphatic carbocycles. The summed E-state index contributed by atoms with van der Waals surface area (Å²) in [6, 6.07) is 35.2. The Balaban J connectivity index is 1.39. The van der Waals surface area contributed by atoms with Crippen LogP contribution < -0.4 is 15.0 Å². The van der Waals surface area contributed by atoms with Gasteiger partial charge in [0.15, 0.2) is 0 Å². The van der Waals surface area contributed by atoms with Crippen molar-refractivity contribution in [2.24, 2.45) is 0 Å². The summed E-state index contributed by atoms with van der Waals surface area (Å²) in [6.07, 6.45) is 9.05. The van der Waals surface area contributed by atoms with Gasteiger partial charge in [-0.05, 0) is 78.3 Å². The Morgan fingerprint density at radius 2 is 1.40 bits per heavy atom. The number of nitrogens with zero attached hydrogens (tertiary/aromatic N) is 1. The molecule has 7 rings (SSSR count). The lowest BCUT2D eigenvalue weighted by atomic mass is 9.75. The van der Waals surface area contributed by atoms with Crippen LogP contribution in [0.2, 0.25) is 0 Å². The third kappa shape index (κ3) is 4.61. The van der Waals surface area contributed by atoms with Gasteiger partial charge in [0.2, 0.25) is 0 Å². The lowest BCUT2D eigenvalue weighted by Gasteiger charge is -2.40. The van der Waals surface area contributed by atoms with Gasteiger partial charge in [0, 0.05) is 23.6 Å². The van der Waals surface area contributed by atoms with E-state index >= 15 is 0 Å². The second kappa shape index (κ2) is 11.0. The summed E-state index contributed by atoms with van der Waals surface area (Å²) in [5.41, 5.74) is 6.68. The number of fused-ring (bicyclic) bond motifs is 7. The maximum absolute atomic E-state index is 7.24. The van der Waals surface area contributed by atoms with Crippen molar-refractivity contribution in [2.45, 2.75) is 63.6 Å². The van der Waals surface area contributed by atoms with E-state index in [1.165, 1.54) is 38.3 Å². The van der Waals surface area contributed by atoms with Crippen molar-refractivity contribution in [3.05, 3.63) is 135 Å². The minimum absolute atomic E-state index is 0.0533. The third-order valence-corrected chi connectivity index (χ3v) is 10.8. The Kier molecular flexibility index (Phi) is 7.06. The maximum Gasteiger partial charge on any atom is 0.322 e. The smallest absolute Gasteiger partial charge is 0.322 e. The van der Waals surface area contributed by atoms with Crippen LogP contribution in [-0.2, 0) is 10.9 Å². The number of benzene rings is 4. The zero-order valence-electron chi connectivity index (χ0n) is 23.2. The molecule has 0 aromatic heterocycles. The molecule has 1 heterocycles. The average Bonchev–Trinajstić information content (AvgIpc) is 3.19. The molecule has 0 spiro atoms. The summed E-state index contributed by atoms with van der Waals surface area (Å²) in [4.78, 5) is 0. The van der Waals surface area contributed by atoms with E-state index in [1.54, 1.807) is 0 Å². The largest absolute Gasteiger partial charge is 0.435 e. The van der Waals surface area contributed by atoms with Crippen LogP contribution in [0.5, 0.6) is 5.75 Å². The summed E-state index contributed by atoms with van der Waals surface area (Å²) in [6.45, 7) is 4.58. The molecule has 1 aliphatic heterocycles. The Morgan fingerprint density at radius 1 is 0.750 bits per heavy atom. The summed E-state index contributed by atoms with van der Waals surface area (Å²) < 4.78 is 16.8. The van der Waals surface area contributed by atoms with Gasteiger partial charge in [0.1, 0.15) is 5.75 Å². The van der Waals surface area contributed by atoms with Crippen molar-refractivity contribution >= 4 is 20.7 Å². The van der Waals surface area contributed by atoms with E-state index in [2.05, 4.69) is 128 Å². The fourth-order valence-electron chi connectivity index (χ4n) is 6.80. The van der Waals surface area contributed by atoms with Gasteiger partial charge in [0.05, 0.1) is 6.10 Å². The summed E-state index contributed by atoms with van der Waals surface area (Å²) in [5.74, 6) is 1.14. The maximum atomic E-state index is 7.24. The van der Waals surface area contributed by atoms with Crippen molar-refractivity contribution < 1.29 is 9.05 Å². The Morgan fingerprint density at radius 3 is 2.12 bits per heavy atom. The van der Waals surface area contributed by atoms with E-state index in [0.717, 1.165) is 31.4 Å². The van der Waals surface area contributed by atoms with Crippen LogP contribution >= 0.6 is 8.53 Å². The number of aryl methyl sites for hydroxylation is 1. The predicted molar refractivity (Wildman–Crippen MR) is 164 cm³/mol. The van der Waals surface area contributed by atoms with Crippen LogP contribution in [0.25, 0.3) is 12.2 Å². The SMILES string of the molecule is C[C@@H](c1ccccc1)N([C@@H](C)c1ccccc1)P1Oc2ccc3c(c2[C@@H]2c4ccccc4CC[C@@H]2O1)=CCCC=3. The van der Waals surface area contributed by atoms with E-state index in [0.29, 0.717) is 0 Å². The minimum atomic E-state index is -1.41. The van der Waals surface area contributed by atoms with Crippen molar-refractivity contribution in [2.75, 3.05) is 0 Å². The monoisotopic (exact) mass is 545 g/mol. The van der Waals surface area contributed by atoms with Crippen molar-refractivity contribution in [3.63, 3.8) is 0 Å². The van der Waals surface area contributed by atoms with Gasteiger partial charge in [-0.15, -0.1) is 0 Å². The highest BCUT2D eigenvalue weighted by molar-refractivity contribution is 7.45. The lowest BCUT2D eigenvalue weighted by Crippen LogP contribution is -2.36. The fraction of sp³-hybridized carbons (Fsp3) is 0.278. The van der Waals surface area contributed by atoms with E-state index in [4.69, 9.17) is 9.05 Å². The molecule has 4 aromatic carbocycles. The minimum Gasteiger partial charge on any atom is -0.435 e. The van der Waals surface area contributed by atoms with E-state index < -0.39 is 8.53 Å². The van der Waals surface area contributed by atoms with Crippen molar-refractivity contribution in [1.82, 2.24) is 4.67 Å². The molecule has 0 saturated carbocycles. The molecule has 0 radical (unpaired) electrons. The summed E-state index contributed by atoms with van der Waals surface area (Å²) in [7, 11) is -1.41. The van der Waals surface area contributed by atoms with Gasteiger partial charge in [-0.1, -0.05) is 103 Å². The van der Waals surface area contributed by atoms with Crippen LogP contribution in [0, 0.1) is 0 Å². The Hall–Kier alpha value is -3.23. The molecule has 0 bridgehead atoms. The van der Waals surface area contributed by atoms with Crippen LogP contribution in [0.3, 0.4) is 0 Å². The van der Waals surface area contributed by atoms with Gasteiger partial charge in [0.25, 0.3) is 0 Å². The zero-order chi connectivity index (χ0) is 27.1. The molecular weight excluding hydrogens is 509 g/mol. The molecule has 0 saturated heterocycles. The Bertz CT molecular complexity index is 1570. The molecule has 4 aromatic rings. The summed E-state index contributed by atoms with van der Waals surface area (Å²) >= 11 is 0. The van der Waals surface area contributed by atoms with E-state index in [-0.39, 0.29) is 24.1 Å². The zero-order valence-corrected chi connectivity index (χ0v) is 24.1. The molecule has 40 heavy (non-hydrogen) atoms. The van der Waals surface area contributed by atoms with Crippen molar-refractivity contribution in [3.8, 4) is 5.75 Å². The molecule has 202 valence electrons. The lowest BCUT2D eigenvalue weighted by molar-refractivity contribution is 0.138. The average molecular weight is 546 g/mol. The van der Waals surface area contributed by atoms with Gasteiger partial charge in [-0.3, -0.25) is 0 Å². The van der Waals surface area contributed by atoms with Crippen LogP contribution in [0.1, 0.15) is 78.9 Å². The van der Waals surface area contributed by atoms with Crippen molar-refractivity contribution in [1.29, 1.82) is 0 Å². The quantitative estimate of drug-likeness (QED) is 0.238. The highest BCUT2D eigenvalue weighted by Gasteiger charge is 2.44. The molecule has 0 N–H and O–H groups in total. The molecular formula is C36H36NO2P. The van der Waals surface area contributed by atoms with Crippen LogP contribution in [0.4, 0.5) is 0 Å². The second-order valence-corrected chi connectivity index (χ2v) is 12.5. The first-order chi connectivity index (χ1) is 19.7. The molecule has 3 aliphatic rings. The third-order valence-electron chi connectivity index (χ3n) is 8.88. The van der Waals surface area contributed by atoms with Crippen LogP contribution in [-0.4, -0.2) is 10.8 Å². The molecule has 0 fully saturated rings. The van der Waals surface area contributed by atoms with Gasteiger partial charge in [-0.2, -0.15) is 0 Å². The number of hydrogen-bond donors (Lipinski definition) is 0. The first kappa shape index (κ1) is 25.7. The predicted octanol–water partition coefficient (Wildman–Crippen LogP) is 7.95. The van der Waals surface area contributed by atoms with Gasteiger partial charge >= 0.3 is 8.53 Å². The molecule has 5 atom stereocenters. The van der Waals surface area contributed by atoms with Gasteiger partial charge < -0.3 is 9.05 Å². The summed E-state index contributed by atoms with van der Waals surface area (Å²) in [5, 5.41) is 2.67. The normalized spacial score (nSPS) is 22.6.